The lowest BCUT2D eigenvalue weighted by molar-refractivity contribution is 0.0803. The molecule has 1 unspecified atom stereocenters. The van der Waals surface area contributed by atoms with Crippen molar-refractivity contribution < 1.29 is 4.74 Å². The number of hydrogen-bond donors (Lipinski definition) is 1. The Morgan fingerprint density at radius 2 is 2.25 bits per heavy atom. The van der Waals surface area contributed by atoms with Crippen molar-refractivity contribution in [1.82, 2.24) is 5.32 Å². The highest BCUT2D eigenvalue weighted by Gasteiger charge is 2.32. The third-order valence-corrected chi connectivity index (χ3v) is 2.64. The standard InChI is InChI=1S/C10H21NO/c1-3-6-10(9-12-4-2)7-5-8-11-10/h11H,3-9H2,1-2H3. The van der Waals surface area contributed by atoms with Gasteiger partial charge in [0.25, 0.3) is 0 Å². The summed E-state index contributed by atoms with van der Waals surface area (Å²) < 4.78 is 5.51. The minimum atomic E-state index is 0.324. The predicted octanol–water partition coefficient (Wildman–Crippen LogP) is 1.95. The molecule has 72 valence electrons. The smallest absolute Gasteiger partial charge is 0.0648 e. The summed E-state index contributed by atoms with van der Waals surface area (Å²) in [5.74, 6) is 0. The Balaban J connectivity index is 2.35. The first-order valence-corrected chi connectivity index (χ1v) is 5.16. The molecule has 2 heteroatoms. The van der Waals surface area contributed by atoms with Crippen LogP contribution in [-0.2, 0) is 4.74 Å². The minimum Gasteiger partial charge on any atom is -0.380 e. The van der Waals surface area contributed by atoms with E-state index in [9.17, 15) is 0 Å². The Bertz CT molecular complexity index is 119. The molecular weight excluding hydrogens is 150 g/mol. The molecule has 0 radical (unpaired) electrons. The van der Waals surface area contributed by atoms with Crippen LogP contribution in [0.3, 0.4) is 0 Å². The largest absolute Gasteiger partial charge is 0.380 e. The summed E-state index contributed by atoms with van der Waals surface area (Å²) in [5.41, 5.74) is 0.324. The number of nitrogens with one attached hydrogen (secondary N) is 1. The van der Waals surface area contributed by atoms with Crippen LogP contribution in [-0.4, -0.2) is 25.3 Å². The average Bonchev–Trinajstić information content (AvgIpc) is 2.51. The predicted molar refractivity (Wildman–Crippen MR) is 51.4 cm³/mol. The van der Waals surface area contributed by atoms with Gasteiger partial charge in [-0.15, -0.1) is 0 Å². The Morgan fingerprint density at radius 1 is 1.42 bits per heavy atom. The second kappa shape index (κ2) is 4.83. The molecule has 0 aromatic rings. The van der Waals surface area contributed by atoms with E-state index in [1.165, 1.54) is 32.2 Å². The molecule has 0 aliphatic carbocycles. The van der Waals surface area contributed by atoms with Gasteiger partial charge in [0.05, 0.1) is 6.61 Å². The van der Waals surface area contributed by atoms with Crippen molar-refractivity contribution in [3.05, 3.63) is 0 Å². The zero-order valence-electron chi connectivity index (χ0n) is 8.36. The Morgan fingerprint density at radius 3 is 2.75 bits per heavy atom. The summed E-state index contributed by atoms with van der Waals surface area (Å²) in [6.07, 6.45) is 5.11. The molecule has 1 rings (SSSR count). The first-order chi connectivity index (χ1) is 5.83. The Kier molecular flexibility index (Phi) is 4.02. The molecule has 0 aromatic heterocycles. The number of rotatable bonds is 5. The number of ether oxygens (including phenoxy) is 1. The molecule has 0 aromatic carbocycles. The maximum Gasteiger partial charge on any atom is 0.0648 e. The van der Waals surface area contributed by atoms with Gasteiger partial charge in [-0.3, -0.25) is 0 Å². The normalized spacial score (nSPS) is 29.5. The molecule has 0 saturated carbocycles. The lowest BCUT2D eigenvalue weighted by Crippen LogP contribution is -2.44. The van der Waals surface area contributed by atoms with E-state index in [2.05, 4.69) is 19.2 Å². The van der Waals surface area contributed by atoms with Gasteiger partial charge in [0, 0.05) is 12.1 Å². The van der Waals surface area contributed by atoms with Crippen molar-refractivity contribution in [2.24, 2.45) is 0 Å². The fourth-order valence-electron chi connectivity index (χ4n) is 2.05. The Hall–Kier alpha value is -0.0800. The van der Waals surface area contributed by atoms with Gasteiger partial charge >= 0.3 is 0 Å². The third-order valence-electron chi connectivity index (χ3n) is 2.64. The summed E-state index contributed by atoms with van der Waals surface area (Å²) in [5, 5.41) is 3.58. The zero-order chi connectivity index (χ0) is 8.86. The van der Waals surface area contributed by atoms with E-state index in [0.717, 1.165) is 13.2 Å². The Labute approximate surface area is 75.7 Å². The highest BCUT2D eigenvalue weighted by atomic mass is 16.5. The van der Waals surface area contributed by atoms with Crippen LogP contribution >= 0.6 is 0 Å². The fraction of sp³-hybridized carbons (Fsp3) is 1.00. The van der Waals surface area contributed by atoms with Gasteiger partial charge in [0.1, 0.15) is 0 Å². The maximum absolute atomic E-state index is 5.51. The van der Waals surface area contributed by atoms with Gasteiger partial charge in [-0.2, -0.15) is 0 Å². The molecule has 1 atom stereocenters. The molecule has 1 N–H and O–H groups in total. The van der Waals surface area contributed by atoms with Crippen LogP contribution in [0.4, 0.5) is 0 Å². The molecule has 0 spiro atoms. The van der Waals surface area contributed by atoms with Crippen molar-refractivity contribution in [3.8, 4) is 0 Å². The fourth-order valence-corrected chi connectivity index (χ4v) is 2.05. The average molecular weight is 171 g/mol. The van der Waals surface area contributed by atoms with E-state index in [1.54, 1.807) is 0 Å². The molecule has 1 aliphatic rings. The first-order valence-electron chi connectivity index (χ1n) is 5.16. The third kappa shape index (κ3) is 2.46. The zero-order valence-corrected chi connectivity index (χ0v) is 8.36. The summed E-state index contributed by atoms with van der Waals surface area (Å²) in [7, 11) is 0. The lowest BCUT2D eigenvalue weighted by Gasteiger charge is -2.28. The van der Waals surface area contributed by atoms with Crippen LogP contribution in [0, 0.1) is 0 Å². The first kappa shape index (κ1) is 10.0. The van der Waals surface area contributed by atoms with E-state index >= 15 is 0 Å². The molecule has 2 nitrogen and oxygen atoms in total. The van der Waals surface area contributed by atoms with E-state index in [1.807, 2.05) is 0 Å². The van der Waals surface area contributed by atoms with Crippen LogP contribution in [0.25, 0.3) is 0 Å². The topological polar surface area (TPSA) is 21.3 Å². The summed E-state index contributed by atoms with van der Waals surface area (Å²) in [4.78, 5) is 0. The highest BCUT2D eigenvalue weighted by molar-refractivity contribution is 4.92. The summed E-state index contributed by atoms with van der Waals surface area (Å²) in [6, 6.07) is 0. The number of hydrogen-bond acceptors (Lipinski definition) is 2. The van der Waals surface area contributed by atoms with Crippen molar-refractivity contribution in [3.63, 3.8) is 0 Å². The quantitative estimate of drug-likeness (QED) is 0.682. The minimum absolute atomic E-state index is 0.324. The molecule has 1 heterocycles. The second-order valence-electron chi connectivity index (χ2n) is 3.70. The summed E-state index contributed by atoms with van der Waals surface area (Å²) >= 11 is 0. The molecule has 0 amide bonds. The molecule has 1 fully saturated rings. The molecule has 12 heavy (non-hydrogen) atoms. The van der Waals surface area contributed by atoms with Crippen LogP contribution in [0.1, 0.15) is 39.5 Å². The van der Waals surface area contributed by atoms with E-state index in [-0.39, 0.29) is 0 Å². The monoisotopic (exact) mass is 171 g/mol. The van der Waals surface area contributed by atoms with Gasteiger partial charge in [-0.1, -0.05) is 13.3 Å². The van der Waals surface area contributed by atoms with Gasteiger partial charge in [-0.25, -0.2) is 0 Å². The highest BCUT2D eigenvalue weighted by Crippen LogP contribution is 2.24. The lowest BCUT2D eigenvalue weighted by atomic mass is 9.93. The van der Waals surface area contributed by atoms with Crippen LogP contribution in [0.5, 0.6) is 0 Å². The van der Waals surface area contributed by atoms with E-state index in [4.69, 9.17) is 4.74 Å². The molecule has 1 aliphatic heterocycles. The van der Waals surface area contributed by atoms with Gasteiger partial charge in [-0.05, 0) is 32.7 Å². The van der Waals surface area contributed by atoms with Crippen molar-refractivity contribution in [2.45, 2.75) is 45.1 Å². The van der Waals surface area contributed by atoms with Crippen molar-refractivity contribution in [1.29, 1.82) is 0 Å². The maximum atomic E-state index is 5.51. The van der Waals surface area contributed by atoms with Gasteiger partial charge in [0.2, 0.25) is 0 Å². The van der Waals surface area contributed by atoms with Crippen LogP contribution < -0.4 is 5.32 Å². The molecule has 0 bridgehead atoms. The SMILES string of the molecule is CCCC1(COCC)CCCN1. The van der Waals surface area contributed by atoms with E-state index in [0.29, 0.717) is 5.54 Å². The second-order valence-corrected chi connectivity index (χ2v) is 3.70. The van der Waals surface area contributed by atoms with Crippen molar-refractivity contribution >= 4 is 0 Å². The molecular formula is C10H21NO. The van der Waals surface area contributed by atoms with Crippen LogP contribution in [0.15, 0.2) is 0 Å². The van der Waals surface area contributed by atoms with Crippen molar-refractivity contribution in [2.75, 3.05) is 19.8 Å². The van der Waals surface area contributed by atoms with Gasteiger partial charge < -0.3 is 10.1 Å². The summed E-state index contributed by atoms with van der Waals surface area (Å²) in [6.45, 7) is 7.22. The van der Waals surface area contributed by atoms with E-state index < -0.39 is 0 Å². The van der Waals surface area contributed by atoms with Crippen LogP contribution in [0.2, 0.25) is 0 Å². The molecule has 1 saturated heterocycles. The van der Waals surface area contributed by atoms with Gasteiger partial charge in [0.15, 0.2) is 0 Å².